The number of amides is 2. The smallest absolute Gasteiger partial charge is 0.290 e. The van der Waals surface area contributed by atoms with Gasteiger partial charge in [0, 0.05) is 19.1 Å². The summed E-state index contributed by atoms with van der Waals surface area (Å²) >= 11 is 0. The standard InChI is InChI=1S/C20H31N3O3/c1-22(16-8-3-2-4-9-16)13-7-12-21-19(24)17-10-5-14-23(17)20(25)18-11-6-15-26-18/h6,11,15-17H,2-5,7-10,12-14H2,1H3,(H,21,24). The molecule has 0 radical (unpaired) electrons. The summed E-state index contributed by atoms with van der Waals surface area (Å²) in [5, 5.41) is 3.02. The summed E-state index contributed by atoms with van der Waals surface area (Å²) in [5.74, 6) is 0.0752. The molecule has 1 saturated heterocycles. The van der Waals surface area contributed by atoms with Crippen molar-refractivity contribution >= 4 is 11.8 Å². The predicted octanol–water partition coefficient (Wildman–Crippen LogP) is 2.66. The lowest BCUT2D eigenvalue weighted by Gasteiger charge is -2.31. The highest BCUT2D eigenvalue weighted by atomic mass is 16.3. The van der Waals surface area contributed by atoms with E-state index in [1.54, 1.807) is 17.0 Å². The van der Waals surface area contributed by atoms with Gasteiger partial charge in [0.05, 0.1) is 6.26 Å². The first-order valence-corrected chi connectivity index (χ1v) is 9.99. The average molecular weight is 361 g/mol. The first kappa shape index (κ1) is 19.0. The molecule has 1 N–H and O–H groups in total. The van der Waals surface area contributed by atoms with Gasteiger partial charge in [0.1, 0.15) is 6.04 Å². The largest absolute Gasteiger partial charge is 0.459 e. The number of hydrogen-bond acceptors (Lipinski definition) is 4. The van der Waals surface area contributed by atoms with Crippen molar-refractivity contribution in [1.29, 1.82) is 0 Å². The molecule has 3 rings (SSSR count). The lowest BCUT2D eigenvalue weighted by molar-refractivity contribution is -0.124. The Morgan fingerprint density at radius 1 is 1.23 bits per heavy atom. The van der Waals surface area contributed by atoms with Crippen LogP contribution in [-0.2, 0) is 4.79 Å². The molecule has 2 amide bonds. The van der Waals surface area contributed by atoms with Crippen LogP contribution in [0.25, 0.3) is 0 Å². The summed E-state index contributed by atoms with van der Waals surface area (Å²) in [6.45, 7) is 2.28. The van der Waals surface area contributed by atoms with Crippen molar-refractivity contribution in [3.8, 4) is 0 Å². The highest BCUT2D eigenvalue weighted by molar-refractivity contribution is 5.95. The van der Waals surface area contributed by atoms with Gasteiger partial charge < -0.3 is 19.5 Å². The Morgan fingerprint density at radius 2 is 2.04 bits per heavy atom. The summed E-state index contributed by atoms with van der Waals surface area (Å²) in [4.78, 5) is 29.1. The minimum absolute atomic E-state index is 0.0391. The van der Waals surface area contributed by atoms with Crippen LogP contribution in [0.3, 0.4) is 0 Å². The maximum absolute atomic E-state index is 12.5. The third-order valence-corrected chi connectivity index (χ3v) is 5.73. The van der Waals surface area contributed by atoms with Crippen molar-refractivity contribution in [3.05, 3.63) is 24.2 Å². The molecule has 6 heteroatoms. The fraction of sp³-hybridized carbons (Fsp3) is 0.700. The van der Waals surface area contributed by atoms with Crippen LogP contribution >= 0.6 is 0 Å². The molecule has 0 spiro atoms. The normalized spacial score (nSPS) is 21.3. The van der Waals surface area contributed by atoms with Gasteiger partial charge in [-0.05, 0) is 57.8 Å². The van der Waals surface area contributed by atoms with Gasteiger partial charge in [-0.1, -0.05) is 19.3 Å². The van der Waals surface area contributed by atoms with E-state index in [1.165, 1.54) is 38.4 Å². The van der Waals surface area contributed by atoms with Crippen LogP contribution in [0.4, 0.5) is 0 Å². The molecule has 0 aromatic carbocycles. The van der Waals surface area contributed by atoms with Crippen LogP contribution in [0.1, 0.15) is 61.9 Å². The van der Waals surface area contributed by atoms with E-state index in [9.17, 15) is 9.59 Å². The van der Waals surface area contributed by atoms with Gasteiger partial charge in [-0.15, -0.1) is 0 Å². The highest BCUT2D eigenvalue weighted by Gasteiger charge is 2.35. The van der Waals surface area contributed by atoms with Gasteiger partial charge >= 0.3 is 0 Å². The zero-order valence-electron chi connectivity index (χ0n) is 15.8. The monoisotopic (exact) mass is 361 g/mol. The van der Waals surface area contributed by atoms with Gasteiger partial charge in [0.25, 0.3) is 5.91 Å². The number of furan rings is 1. The van der Waals surface area contributed by atoms with Crippen molar-refractivity contribution in [1.82, 2.24) is 15.1 Å². The van der Waals surface area contributed by atoms with Crippen molar-refractivity contribution in [2.75, 3.05) is 26.7 Å². The van der Waals surface area contributed by atoms with Gasteiger partial charge in [0.15, 0.2) is 5.76 Å². The predicted molar refractivity (Wildman–Crippen MR) is 99.9 cm³/mol. The second kappa shape index (κ2) is 9.21. The molecule has 26 heavy (non-hydrogen) atoms. The molecule has 1 aliphatic carbocycles. The van der Waals surface area contributed by atoms with Crippen LogP contribution in [0.5, 0.6) is 0 Å². The number of rotatable bonds is 7. The topological polar surface area (TPSA) is 65.8 Å². The molecule has 1 unspecified atom stereocenters. The zero-order valence-corrected chi connectivity index (χ0v) is 15.8. The number of nitrogens with zero attached hydrogens (tertiary/aromatic N) is 2. The van der Waals surface area contributed by atoms with E-state index in [4.69, 9.17) is 4.42 Å². The van der Waals surface area contributed by atoms with Crippen LogP contribution in [0.2, 0.25) is 0 Å². The lowest BCUT2D eigenvalue weighted by atomic mass is 9.94. The highest BCUT2D eigenvalue weighted by Crippen LogP contribution is 2.22. The quantitative estimate of drug-likeness (QED) is 0.758. The van der Waals surface area contributed by atoms with Gasteiger partial charge in [-0.3, -0.25) is 9.59 Å². The maximum Gasteiger partial charge on any atom is 0.290 e. The Balaban J connectivity index is 1.40. The molecule has 1 aromatic rings. The second-order valence-electron chi connectivity index (χ2n) is 7.55. The molecule has 6 nitrogen and oxygen atoms in total. The molecule has 2 aliphatic rings. The number of likely N-dealkylation sites (tertiary alicyclic amines) is 1. The van der Waals surface area contributed by atoms with Crippen molar-refractivity contribution < 1.29 is 14.0 Å². The van der Waals surface area contributed by atoms with Gasteiger partial charge in [-0.2, -0.15) is 0 Å². The average Bonchev–Trinajstić information content (AvgIpc) is 3.37. The van der Waals surface area contributed by atoms with E-state index in [1.807, 2.05) is 0 Å². The fourth-order valence-electron chi connectivity index (χ4n) is 4.19. The molecule has 0 bridgehead atoms. The Labute approximate surface area is 155 Å². The van der Waals surface area contributed by atoms with Crippen LogP contribution in [0.15, 0.2) is 22.8 Å². The SMILES string of the molecule is CN(CCCNC(=O)C1CCCN1C(=O)c1ccco1)C1CCCCC1. The van der Waals surface area contributed by atoms with E-state index in [0.717, 1.165) is 25.8 Å². The third kappa shape index (κ3) is 4.67. The Bertz CT molecular complexity index is 581. The molecular weight excluding hydrogens is 330 g/mol. The Hall–Kier alpha value is -1.82. The molecular formula is C20H31N3O3. The van der Waals surface area contributed by atoms with E-state index >= 15 is 0 Å². The molecule has 1 aromatic heterocycles. The van der Waals surface area contributed by atoms with Crippen LogP contribution in [0, 0.1) is 0 Å². The van der Waals surface area contributed by atoms with E-state index in [2.05, 4.69) is 17.3 Å². The van der Waals surface area contributed by atoms with Crippen molar-refractivity contribution in [3.63, 3.8) is 0 Å². The van der Waals surface area contributed by atoms with E-state index < -0.39 is 0 Å². The van der Waals surface area contributed by atoms with Gasteiger partial charge in [0.2, 0.25) is 5.91 Å². The van der Waals surface area contributed by atoms with Crippen LogP contribution < -0.4 is 5.32 Å². The third-order valence-electron chi connectivity index (χ3n) is 5.73. The number of carbonyl (C=O) groups excluding carboxylic acids is 2. The zero-order chi connectivity index (χ0) is 18.4. The summed E-state index contributed by atoms with van der Waals surface area (Å²) in [5.41, 5.74) is 0. The molecule has 2 fully saturated rings. The first-order valence-electron chi connectivity index (χ1n) is 9.99. The minimum Gasteiger partial charge on any atom is -0.459 e. The number of carbonyl (C=O) groups is 2. The minimum atomic E-state index is -0.372. The van der Waals surface area contributed by atoms with Crippen molar-refractivity contribution in [2.45, 2.75) is 63.5 Å². The summed E-state index contributed by atoms with van der Waals surface area (Å²) in [7, 11) is 2.19. The Morgan fingerprint density at radius 3 is 2.77 bits per heavy atom. The molecule has 1 saturated carbocycles. The number of hydrogen-bond donors (Lipinski definition) is 1. The summed E-state index contributed by atoms with van der Waals surface area (Å²) in [6, 6.07) is 3.68. The van der Waals surface area contributed by atoms with E-state index in [-0.39, 0.29) is 17.9 Å². The summed E-state index contributed by atoms with van der Waals surface area (Å²) < 4.78 is 5.19. The molecule has 2 heterocycles. The fourth-order valence-corrected chi connectivity index (χ4v) is 4.19. The van der Waals surface area contributed by atoms with Crippen LogP contribution in [-0.4, -0.2) is 60.4 Å². The first-order chi connectivity index (χ1) is 12.7. The molecule has 144 valence electrons. The molecule has 1 aliphatic heterocycles. The van der Waals surface area contributed by atoms with Gasteiger partial charge in [-0.25, -0.2) is 0 Å². The van der Waals surface area contributed by atoms with Crippen molar-refractivity contribution in [2.24, 2.45) is 0 Å². The molecule has 1 atom stereocenters. The lowest BCUT2D eigenvalue weighted by Crippen LogP contribution is -2.46. The number of nitrogens with one attached hydrogen (secondary N) is 1. The van der Waals surface area contributed by atoms with E-state index in [0.29, 0.717) is 24.9 Å². The summed E-state index contributed by atoms with van der Waals surface area (Å²) in [6.07, 6.45) is 10.7. The maximum atomic E-state index is 12.5. The Kier molecular flexibility index (Phi) is 6.72. The second-order valence-corrected chi connectivity index (χ2v) is 7.55.